The molecule has 0 bridgehead atoms. The Labute approximate surface area is 142 Å². The highest BCUT2D eigenvalue weighted by Crippen LogP contribution is 2.29. The second-order valence-electron chi connectivity index (χ2n) is 7.72. The van der Waals surface area contributed by atoms with Crippen molar-refractivity contribution in [1.29, 1.82) is 0 Å². The highest BCUT2D eigenvalue weighted by Gasteiger charge is 2.30. The van der Waals surface area contributed by atoms with E-state index in [1.165, 1.54) is 25.7 Å². The van der Waals surface area contributed by atoms with E-state index < -0.39 is 6.17 Å². The minimum atomic E-state index is -0.771. The largest absolute Gasteiger partial charge is 0.375 e. The summed E-state index contributed by atoms with van der Waals surface area (Å²) in [5.41, 5.74) is 0. The van der Waals surface area contributed by atoms with Gasteiger partial charge >= 0.3 is 0 Å². The van der Waals surface area contributed by atoms with Crippen LogP contribution in [0, 0.1) is 11.8 Å². The minimum Gasteiger partial charge on any atom is -0.375 e. The van der Waals surface area contributed by atoms with E-state index in [1.54, 1.807) is 0 Å². The molecule has 1 unspecified atom stereocenters. The number of ether oxygens (including phenoxy) is 1. The standard InChI is InChI=1S/C19H37FN2O/c1-3-4-5-6-7-17(20)14-23-18-10-8-16(9-11-18)19-21-12-15(2)13-22-19/h15-19,21-22H,3-14H2,1-2H3. The van der Waals surface area contributed by atoms with Gasteiger partial charge in [0.2, 0.25) is 0 Å². The summed E-state index contributed by atoms with van der Waals surface area (Å²) in [6.07, 6.45) is 9.79. The number of rotatable bonds is 9. The summed E-state index contributed by atoms with van der Waals surface area (Å²) in [7, 11) is 0. The maximum atomic E-state index is 13.8. The van der Waals surface area contributed by atoms with Gasteiger partial charge in [0.1, 0.15) is 6.17 Å². The lowest BCUT2D eigenvalue weighted by atomic mass is 9.84. The second kappa shape index (κ2) is 10.6. The van der Waals surface area contributed by atoms with Crippen LogP contribution in [0.4, 0.5) is 4.39 Å². The van der Waals surface area contributed by atoms with Crippen molar-refractivity contribution >= 4 is 0 Å². The van der Waals surface area contributed by atoms with Gasteiger partial charge in [-0.05, 0) is 43.9 Å². The van der Waals surface area contributed by atoms with E-state index >= 15 is 0 Å². The summed E-state index contributed by atoms with van der Waals surface area (Å²) in [4.78, 5) is 0. The molecule has 3 nitrogen and oxygen atoms in total. The zero-order valence-electron chi connectivity index (χ0n) is 15.2. The van der Waals surface area contributed by atoms with Crippen LogP contribution < -0.4 is 10.6 Å². The Morgan fingerprint density at radius 3 is 2.39 bits per heavy atom. The van der Waals surface area contributed by atoms with Crippen LogP contribution >= 0.6 is 0 Å². The van der Waals surface area contributed by atoms with Gasteiger partial charge in [0.05, 0.1) is 18.9 Å². The molecule has 2 rings (SSSR count). The van der Waals surface area contributed by atoms with Crippen LogP contribution in [0.15, 0.2) is 0 Å². The van der Waals surface area contributed by atoms with Crippen molar-refractivity contribution in [3.8, 4) is 0 Å². The average molecular weight is 329 g/mol. The van der Waals surface area contributed by atoms with E-state index in [-0.39, 0.29) is 6.10 Å². The number of hydrogen-bond acceptors (Lipinski definition) is 3. The van der Waals surface area contributed by atoms with Crippen molar-refractivity contribution in [3.05, 3.63) is 0 Å². The Morgan fingerprint density at radius 1 is 1.04 bits per heavy atom. The van der Waals surface area contributed by atoms with E-state index in [4.69, 9.17) is 4.74 Å². The molecule has 1 atom stereocenters. The molecule has 1 aliphatic heterocycles. The first-order valence-electron chi connectivity index (χ1n) is 9.91. The lowest BCUT2D eigenvalue weighted by Crippen LogP contribution is -2.56. The molecule has 0 aromatic rings. The maximum absolute atomic E-state index is 13.8. The molecule has 136 valence electrons. The molecule has 0 spiro atoms. The molecule has 1 saturated heterocycles. The third-order valence-electron chi connectivity index (χ3n) is 5.45. The molecule has 1 heterocycles. The van der Waals surface area contributed by atoms with E-state index in [9.17, 15) is 4.39 Å². The van der Waals surface area contributed by atoms with Gasteiger partial charge in [-0.1, -0.05) is 39.5 Å². The molecule has 23 heavy (non-hydrogen) atoms. The van der Waals surface area contributed by atoms with Crippen molar-refractivity contribution < 1.29 is 9.13 Å². The summed E-state index contributed by atoms with van der Waals surface area (Å²) in [5, 5.41) is 7.25. The smallest absolute Gasteiger partial charge is 0.123 e. The van der Waals surface area contributed by atoms with Crippen LogP contribution in [-0.2, 0) is 4.74 Å². The monoisotopic (exact) mass is 328 g/mol. The first-order valence-corrected chi connectivity index (χ1v) is 9.91. The number of nitrogens with one attached hydrogen (secondary N) is 2. The highest BCUT2D eigenvalue weighted by atomic mass is 19.1. The van der Waals surface area contributed by atoms with Crippen LogP contribution in [0.5, 0.6) is 0 Å². The molecule has 4 heteroatoms. The fourth-order valence-corrected chi connectivity index (χ4v) is 3.84. The highest BCUT2D eigenvalue weighted by molar-refractivity contribution is 4.84. The van der Waals surface area contributed by atoms with Crippen LogP contribution in [0.2, 0.25) is 0 Å². The molecule has 1 saturated carbocycles. The van der Waals surface area contributed by atoms with Gasteiger partial charge in [-0.15, -0.1) is 0 Å². The third-order valence-corrected chi connectivity index (χ3v) is 5.45. The average Bonchev–Trinajstić information content (AvgIpc) is 2.58. The van der Waals surface area contributed by atoms with Crippen molar-refractivity contribution in [2.24, 2.45) is 11.8 Å². The summed E-state index contributed by atoms with van der Waals surface area (Å²) in [6, 6.07) is 0. The van der Waals surface area contributed by atoms with Crippen molar-refractivity contribution in [2.75, 3.05) is 19.7 Å². The van der Waals surface area contributed by atoms with Crippen LogP contribution in [0.1, 0.15) is 71.6 Å². The predicted molar refractivity (Wildman–Crippen MR) is 94.3 cm³/mol. The van der Waals surface area contributed by atoms with Gasteiger partial charge in [-0.2, -0.15) is 0 Å². The van der Waals surface area contributed by atoms with E-state index in [2.05, 4.69) is 24.5 Å². The molecule has 2 N–H and O–H groups in total. The molecular formula is C19H37FN2O. The van der Waals surface area contributed by atoms with Crippen molar-refractivity contribution in [2.45, 2.75) is 90.1 Å². The Hall–Kier alpha value is -0.190. The van der Waals surface area contributed by atoms with Gasteiger partial charge < -0.3 is 15.4 Å². The van der Waals surface area contributed by atoms with Gasteiger partial charge in [0, 0.05) is 13.1 Å². The molecule has 2 fully saturated rings. The second-order valence-corrected chi connectivity index (χ2v) is 7.72. The zero-order chi connectivity index (χ0) is 16.5. The van der Waals surface area contributed by atoms with E-state index in [0.717, 1.165) is 44.7 Å². The first kappa shape index (κ1) is 19.1. The van der Waals surface area contributed by atoms with Crippen LogP contribution in [-0.4, -0.2) is 38.1 Å². The summed E-state index contributed by atoms with van der Waals surface area (Å²) >= 11 is 0. The molecule has 0 amide bonds. The number of hydrogen-bond donors (Lipinski definition) is 2. The molecular weight excluding hydrogens is 291 g/mol. The lowest BCUT2D eigenvalue weighted by molar-refractivity contribution is -0.0151. The third kappa shape index (κ3) is 7.06. The van der Waals surface area contributed by atoms with Gasteiger partial charge in [-0.25, -0.2) is 4.39 Å². The topological polar surface area (TPSA) is 33.3 Å². The molecule has 2 aliphatic rings. The summed E-state index contributed by atoms with van der Waals surface area (Å²) in [6.45, 7) is 7.01. The van der Waals surface area contributed by atoms with Crippen LogP contribution in [0.3, 0.4) is 0 Å². The number of halogens is 1. The zero-order valence-corrected chi connectivity index (χ0v) is 15.2. The van der Waals surface area contributed by atoms with Crippen molar-refractivity contribution in [3.63, 3.8) is 0 Å². The van der Waals surface area contributed by atoms with Gasteiger partial charge in [-0.3, -0.25) is 0 Å². The summed E-state index contributed by atoms with van der Waals surface area (Å²) < 4.78 is 19.7. The van der Waals surface area contributed by atoms with Gasteiger partial charge in [0.15, 0.2) is 0 Å². The summed E-state index contributed by atoms with van der Waals surface area (Å²) in [5.74, 6) is 1.43. The number of alkyl halides is 1. The molecule has 0 aromatic carbocycles. The minimum absolute atomic E-state index is 0.280. The lowest BCUT2D eigenvalue weighted by Gasteiger charge is -2.38. The first-order chi connectivity index (χ1) is 11.2. The molecule has 0 aromatic heterocycles. The van der Waals surface area contributed by atoms with Gasteiger partial charge in [0.25, 0.3) is 0 Å². The Bertz CT molecular complexity index is 300. The Morgan fingerprint density at radius 2 is 1.74 bits per heavy atom. The fourth-order valence-electron chi connectivity index (χ4n) is 3.84. The Balaban J connectivity index is 1.54. The quantitative estimate of drug-likeness (QED) is 0.627. The van der Waals surface area contributed by atoms with E-state index in [0.29, 0.717) is 25.1 Å². The maximum Gasteiger partial charge on any atom is 0.123 e. The SMILES string of the molecule is CCCCCCC(F)COC1CCC(C2NCC(C)CN2)CC1. The molecule has 0 radical (unpaired) electrons. The fraction of sp³-hybridized carbons (Fsp3) is 1.00. The number of unbranched alkanes of at least 4 members (excludes halogenated alkanes) is 3. The normalized spacial score (nSPS) is 33.5. The van der Waals surface area contributed by atoms with Crippen LogP contribution in [0.25, 0.3) is 0 Å². The Kier molecular flexibility index (Phi) is 8.84. The molecule has 1 aliphatic carbocycles. The van der Waals surface area contributed by atoms with Crippen molar-refractivity contribution in [1.82, 2.24) is 10.6 Å². The predicted octanol–water partition coefficient (Wildman–Crippen LogP) is 4.03. The van der Waals surface area contributed by atoms with E-state index in [1.807, 2.05) is 0 Å².